The number of cyclic esters (lactones) is 1. The zero-order valence-electron chi connectivity index (χ0n) is 7.58. The van der Waals surface area contributed by atoms with E-state index in [0.29, 0.717) is 25.7 Å². The standard InChI is InChI=1S/C8H8Cl3NO3/c9-8(10,11)5-12-3-1-2-7(12,4-13)6(14)15-5/h4-5H,1-3H2/t5?,7-/m0/s1. The van der Waals surface area contributed by atoms with E-state index in [9.17, 15) is 9.59 Å². The van der Waals surface area contributed by atoms with Gasteiger partial charge in [0.2, 0.25) is 10.0 Å². The van der Waals surface area contributed by atoms with Crippen LogP contribution in [0.15, 0.2) is 0 Å². The lowest BCUT2D eigenvalue weighted by atomic mass is 10.00. The average molecular weight is 273 g/mol. The van der Waals surface area contributed by atoms with Crippen LogP contribution in [-0.2, 0) is 14.3 Å². The van der Waals surface area contributed by atoms with Gasteiger partial charge in [0, 0.05) is 6.54 Å². The van der Waals surface area contributed by atoms with Gasteiger partial charge in [-0.15, -0.1) is 0 Å². The second-order valence-electron chi connectivity index (χ2n) is 3.64. The van der Waals surface area contributed by atoms with Crippen molar-refractivity contribution in [2.24, 2.45) is 0 Å². The third-order valence-corrected chi connectivity index (χ3v) is 3.36. The predicted molar refractivity (Wildman–Crippen MR) is 54.9 cm³/mol. The van der Waals surface area contributed by atoms with E-state index in [1.54, 1.807) is 0 Å². The van der Waals surface area contributed by atoms with E-state index in [1.807, 2.05) is 0 Å². The summed E-state index contributed by atoms with van der Waals surface area (Å²) in [6.45, 7) is 0.517. The molecule has 4 nitrogen and oxygen atoms in total. The fraction of sp³-hybridized carbons (Fsp3) is 0.750. The summed E-state index contributed by atoms with van der Waals surface area (Å²) in [7, 11) is 0. The molecule has 0 aromatic carbocycles. The van der Waals surface area contributed by atoms with Crippen LogP contribution in [0.3, 0.4) is 0 Å². The Morgan fingerprint density at radius 1 is 1.53 bits per heavy atom. The number of fused-ring (bicyclic) bond motifs is 1. The lowest BCUT2D eigenvalue weighted by Crippen LogP contribution is -2.50. The fourth-order valence-electron chi connectivity index (χ4n) is 2.09. The third kappa shape index (κ3) is 1.55. The molecule has 0 amide bonds. The van der Waals surface area contributed by atoms with Crippen molar-refractivity contribution in [3.05, 3.63) is 0 Å². The van der Waals surface area contributed by atoms with Crippen LogP contribution in [0.4, 0.5) is 0 Å². The molecule has 2 aliphatic rings. The largest absolute Gasteiger partial charge is 0.440 e. The lowest BCUT2D eigenvalue weighted by molar-refractivity contribution is -0.146. The quantitative estimate of drug-likeness (QED) is 0.312. The van der Waals surface area contributed by atoms with E-state index in [2.05, 4.69) is 0 Å². The highest BCUT2D eigenvalue weighted by atomic mass is 35.6. The molecular formula is C8H8Cl3NO3. The highest BCUT2D eigenvalue weighted by Gasteiger charge is 2.62. The molecule has 2 saturated heterocycles. The molecule has 15 heavy (non-hydrogen) atoms. The predicted octanol–water partition coefficient (Wildman–Crippen LogP) is 1.27. The number of carbonyl (C=O) groups excluding carboxylic acids is 2. The number of alkyl halides is 3. The first-order chi connectivity index (χ1) is 6.92. The molecule has 0 bridgehead atoms. The summed E-state index contributed by atoms with van der Waals surface area (Å²) in [5, 5.41) is 0. The molecule has 0 saturated carbocycles. The second kappa shape index (κ2) is 3.48. The number of ether oxygens (including phenoxy) is 1. The van der Waals surface area contributed by atoms with Crippen LogP contribution < -0.4 is 0 Å². The van der Waals surface area contributed by atoms with Crippen LogP contribution in [0, 0.1) is 0 Å². The fourth-order valence-corrected chi connectivity index (χ4v) is 2.58. The highest BCUT2D eigenvalue weighted by molar-refractivity contribution is 6.68. The van der Waals surface area contributed by atoms with Crippen molar-refractivity contribution >= 4 is 47.1 Å². The normalized spacial score (nSPS) is 36.5. The highest BCUT2D eigenvalue weighted by Crippen LogP contribution is 2.45. The molecule has 0 radical (unpaired) electrons. The van der Waals surface area contributed by atoms with Gasteiger partial charge in [0.15, 0.2) is 11.8 Å². The topological polar surface area (TPSA) is 46.6 Å². The molecule has 2 rings (SSSR count). The molecule has 0 aromatic rings. The number of halogens is 3. The summed E-state index contributed by atoms with van der Waals surface area (Å²) < 4.78 is 3.22. The zero-order valence-corrected chi connectivity index (χ0v) is 9.85. The number of hydrogen-bond donors (Lipinski definition) is 0. The minimum atomic E-state index is -1.73. The van der Waals surface area contributed by atoms with Crippen LogP contribution >= 0.6 is 34.8 Å². The molecule has 0 aliphatic carbocycles. The molecule has 0 spiro atoms. The van der Waals surface area contributed by atoms with Crippen molar-refractivity contribution < 1.29 is 14.3 Å². The SMILES string of the molecule is O=C[C@]12CCCN1C(C(Cl)(Cl)Cl)OC2=O. The van der Waals surface area contributed by atoms with E-state index in [0.717, 1.165) is 0 Å². The first-order valence-corrected chi connectivity index (χ1v) is 5.56. The van der Waals surface area contributed by atoms with Crippen LogP contribution in [0.2, 0.25) is 0 Å². The van der Waals surface area contributed by atoms with Gasteiger partial charge in [-0.05, 0) is 12.8 Å². The minimum Gasteiger partial charge on any atom is -0.440 e. The molecule has 0 N–H and O–H groups in total. The molecule has 2 fully saturated rings. The van der Waals surface area contributed by atoms with Crippen molar-refractivity contribution in [1.82, 2.24) is 4.90 Å². The Morgan fingerprint density at radius 2 is 2.20 bits per heavy atom. The number of esters is 1. The number of carbonyl (C=O) groups is 2. The Kier molecular flexibility index (Phi) is 2.66. The Bertz CT molecular complexity index is 317. The Hall–Kier alpha value is -0.0300. The van der Waals surface area contributed by atoms with Gasteiger partial charge in [-0.25, -0.2) is 9.69 Å². The molecular weight excluding hydrogens is 264 g/mol. The maximum atomic E-state index is 11.6. The molecule has 0 aromatic heterocycles. The van der Waals surface area contributed by atoms with E-state index in [1.165, 1.54) is 4.90 Å². The number of rotatable bonds is 1. The lowest BCUT2D eigenvalue weighted by Gasteiger charge is -2.28. The smallest absolute Gasteiger partial charge is 0.335 e. The number of aldehydes is 1. The first-order valence-electron chi connectivity index (χ1n) is 4.43. The molecule has 2 heterocycles. The molecule has 2 atom stereocenters. The first kappa shape index (κ1) is 11.5. The molecule has 2 aliphatic heterocycles. The zero-order chi connectivity index (χ0) is 11.3. The van der Waals surface area contributed by atoms with Crippen molar-refractivity contribution in [2.45, 2.75) is 28.4 Å². The molecule has 1 unspecified atom stereocenters. The Labute approximate surface area is 101 Å². The van der Waals surface area contributed by atoms with E-state index in [-0.39, 0.29) is 0 Å². The van der Waals surface area contributed by atoms with Gasteiger partial charge in [0.05, 0.1) is 0 Å². The summed E-state index contributed by atoms with van der Waals surface area (Å²) in [6.07, 6.45) is 0.749. The summed E-state index contributed by atoms with van der Waals surface area (Å²) in [4.78, 5) is 24.1. The molecule has 7 heteroatoms. The average Bonchev–Trinajstić information content (AvgIpc) is 2.64. The van der Waals surface area contributed by atoms with Crippen LogP contribution in [-0.4, -0.2) is 39.3 Å². The van der Waals surface area contributed by atoms with Crippen LogP contribution in [0.5, 0.6) is 0 Å². The number of nitrogens with zero attached hydrogens (tertiary/aromatic N) is 1. The van der Waals surface area contributed by atoms with E-state index in [4.69, 9.17) is 39.5 Å². The van der Waals surface area contributed by atoms with E-state index < -0.39 is 21.5 Å². The van der Waals surface area contributed by atoms with Gasteiger partial charge in [-0.1, -0.05) is 34.8 Å². The van der Waals surface area contributed by atoms with Crippen molar-refractivity contribution in [3.8, 4) is 0 Å². The summed E-state index contributed by atoms with van der Waals surface area (Å²) >= 11 is 17.1. The second-order valence-corrected chi connectivity index (χ2v) is 6.01. The van der Waals surface area contributed by atoms with Gasteiger partial charge in [-0.3, -0.25) is 0 Å². The van der Waals surface area contributed by atoms with Gasteiger partial charge in [-0.2, -0.15) is 0 Å². The maximum Gasteiger partial charge on any atom is 0.335 e. The summed E-state index contributed by atoms with van der Waals surface area (Å²) in [6, 6.07) is 0. The monoisotopic (exact) mass is 271 g/mol. The Balaban J connectivity index is 2.36. The van der Waals surface area contributed by atoms with Crippen LogP contribution in [0.25, 0.3) is 0 Å². The summed E-state index contributed by atoms with van der Waals surface area (Å²) in [5.74, 6) is -0.619. The van der Waals surface area contributed by atoms with Crippen molar-refractivity contribution in [2.75, 3.05) is 6.54 Å². The maximum absolute atomic E-state index is 11.6. The van der Waals surface area contributed by atoms with Gasteiger partial charge in [0.1, 0.15) is 0 Å². The van der Waals surface area contributed by atoms with Crippen molar-refractivity contribution in [1.29, 1.82) is 0 Å². The number of hydrogen-bond acceptors (Lipinski definition) is 4. The van der Waals surface area contributed by atoms with Crippen LogP contribution in [0.1, 0.15) is 12.8 Å². The van der Waals surface area contributed by atoms with E-state index >= 15 is 0 Å². The minimum absolute atomic E-state index is 0.423. The van der Waals surface area contributed by atoms with Gasteiger partial charge < -0.3 is 9.53 Å². The van der Waals surface area contributed by atoms with Gasteiger partial charge >= 0.3 is 5.97 Å². The summed E-state index contributed by atoms with van der Waals surface area (Å²) in [5.41, 5.74) is -1.23. The third-order valence-electron chi connectivity index (χ3n) is 2.80. The van der Waals surface area contributed by atoms with Gasteiger partial charge in [0.25, 0.3) is 0 Å². The Morgan fingerprint density at radius 3 is 2.73 bits per heavy atom. The molecule has 84 valence electrons. The van der Waals surface area contributed by atoms with Crippen molar-refractivity contribution in [3.63, 3.8) is 0 Å².